The molecule has 1 aliphatic carbocycles. The SMILES string of the molecule is C=C(C)C.CCC1(OC=O)CCCCC1. The van der Waals surface area contributed by atoms with Gasteiger partial charge in [0.1, 0.15) is 5.60 Å². The Labute approximate surface area is 93.7 Å². The number of ether oxygens (including phenoxy) is 1. The van der Waals surface area contributed by atoms with Crippen molar-refractivity contribution in [2.75, 3.05) is 0 Å². The highest BCUT2D eigenvalue weighted by Crippen LogP contribution is 2.33. The van der Waals surface area contributed by atoms with Crippen molar-refractivity contribution >= 4 is 6.47 Å². The number of carbonyl (C=O) groups excluding carboxylic acids is 1. The summed E-state index contributed by atoms with van der Waals surface area (Å²) in [4.78, 5) is 10.2. The molecular formula is C13H24O2. The molecule has 15 heavy (non-hydrogen) atoms. The number of rotatable bonds is 3. The van der Waals surface area contributed by atoms with Gasteiger partial charge in [-0.15, -0.1) is 6.58 Å². The van der Waals surface area contributed by atoms with Gasteiger partial charge in [0.2, 0.25) is 0 Å². The zero-order valence-electron chi connectivity index (χ0n) is 10.3. The standard InChI is InChI=1S/C9H16O2.C4H8/c1-2-9(11-8-10)6-4-3-5-7-9;1-4(2)3/h8H,2-7H2,1H3;1H2,2-3H3. The van der Waals surface area contributed by atoms with Crippen molar-refractivity contribution in [3.63, 3.8) is 0 Å². The quantitative estimate of drug-likeness (QED) is 0.524. The third-order valence-corrected chi connectivity index (χ3v) is 2.71. The van der Waals surface area contributed by atoms with Gasteiger partial charge in [0.15, 0.2) is 0 Å². The summed E-state index contributed by atoms with van der Waals surface area (Å²) in [5, 5.41) is 0. The van der Waals surface area contributed by atoms with Crippen LogP contribution in [0.1, 0.15) is 59.3 Å². The minimum Gasteiger partial charge on any atom is -0.461 e. The molecule has 0 radical (unpaired) electrons. The molecule has 0 aromatic carbocycles. The molecule has 1 rings (SSSR count). The summed E-state index contributed by atoms with van der Waals surface area (Å²) in [5.74, 6) is 0. The van der Waals surface area contributed by atoms with Gasteiger partial charge in [-0.1, -0.05) is 18.9 Å². The number of hydrogen-bond acceptors (Lipinski definition) is 2. The fourth-order valence-electron chi connectivity index (χ4n) is 1.85. The van der Waals surface area contributed by atoms with Crippen LogP contribution in [0.2, 0.25) is 0 Å². The molecule has 1 aliphatic rings. The summed E-state index contributed by atoms with van der Waals surface area (Å²) < 4.78 is 5.14. The van der Waals surface area contributed by atoms with Gasteiger partial charge in [-0.2, -0.15) is 0 Å². The third-order valence-electron chi connectivity index (χ3n) is 2.71. The van der Waals surface area contributed by atoms with E-state index < -0.39 is 0 Å². The Kier molecular flexibility index (Phi) is 7.10. The van der Waals surface area contributed by atoms with Crippen LogP contribution in [0, 0.1) is 0 Å². The van der Waals surface area contributed by atoms with Gasteiger partial charge in [0, 0.05) is 0 Å². The molecular weight excluding hydrogens is 188 g/mol. The summed E-state index contributed by atoms with van der Waals surface area (Å²) in [6.07, 6.45) is 6.80. The van der Waals surface area contributed by atoms with Crippen LogP contribution in [0.15, 0.2) is 12.2 Å². The first-order chi connectivity index (χ1) is 7.06. The van der Waals surface area contributed by atoms with Crippen LogP contribution in [0.4, 0.5) is 0 Å². The molecule has 1 saturated carbocycles. The Balaban J connectivity index is 0.000000423. The molecule has 0 spiro atoms. The van der Waals surface area contributed by atoms with Gasteiger partial charge in [-0.25, -0.2) is 0 Å². The molecule has 0 aromatic heterocycles. The minimum absolute atomic E-state index is 0.0972. The smallest absolute Gasteiger partial charge is 0.293 e. The van der Waals surface area contributed by atoms with Crippen molar-refractivity contribution in [1.82, 2.24) is 0 Å². The highest BCUT2D eigenvalue weighted by atomic mass is 16.5. The molecule has 1 fully saturated rings. The number of carbonyl (C=O) groups is 1. The first-order valence-electron chi connectivity index (χ1n) is 5.80. The van der Waals surface area contributed by atoms with Crippen LogP contribution in [0.25, 0.3) is 0 Å². The molecule has 0 unspecified atom stereocenters. The third kappa shape index (κ3) is 6.32. The molecule has 0 N–H and O–H groups in total. The zero-order chi connectivity index (χ0) is 11.7. The minimum atomic E-state index is -0.0972. The summed E-state index contributed by atoms with van der Waals surface area (Å²) >= 11 is 0. The van der Waals surface area contributed by atoms with Crippen molar-refractivity contribution in [2.24, 2.45) is 0 Å². The molecule has 2 nitrogen and oxygen atoms in total. The van der Waals surface area contributed by atoms with Gasteiger partial charge in [-0.05, 0) is 46.0 Å². The van der Waals surface area contributed by atoms with Crippen LogP contribution < -0.4 is 0 Å². The van der Waals surface area contributed by atoms with Gasteiger partial charge in [-0.3, -0.25) is 4.79 Å². The average molecular weight is 212 g/mol. The van der Waals surface area contributed by atoms with Crippen LogP contribution in [-0.4, -0.2) is 12.1 Å². The van der Waals surface area contributed by atoms with E-state index in [2.05, 4.69) is 13.5 Å². The second-order valence-electron chi connectivity index (χ2n) is 4.52. The maximum Gasteiger partial charge on any atom is 0.293 e. The fourth-order valence-corrected chi connectivity index (χ4v) is 1.85. The number of allylic oxidation sites excluding steroid dienone is 1. The van der Waals surface area contributed by atoms with Crippen LogP contribution in [0.5, 0.6) is 0 Å². The fraction of sp³-hybridized carbons (Fsp3) is 0.769. The maximum atomic E-state index is 10.2. The van der Waals surface area contributed by atoms with Crippen molar-refractivity contribution in [1.29, 1.82) is 0 Å². The van der Waals surface area contributed by atoms with Gasteiger partial charge < -0.3 is 4.74 Å². The van der Waals surface area contributed by atoms with E-state index in [0.29, 0.717) is 6.47 Å². The van der Waals surface area contributed by atoms with Gasteiger partial charge in [0.25, 0.3) is 6.47 Å². The largest absolute Gasteiger partial charge is 0.461 e. The first-order valence-corrected chi connectivity index (χ1v) is 5.80. The average Bonchev–Trinajstić information content (AvgIpc) is 2.19. The predicted octanol–water partition coefficient (Wildman–Crippen LogP) is 3.85. The van der Waals surface area contributed by atoms with Crippen molar-refractivity contribution in [2.45, 2.75) is 64.9 Å². The van der Waals surface area contributed by atoms with Crippen LogP contribution >= 0.6 is 0 Å². The van der Waals surface area contributed by atoms with Crippen molar-refractivity contribution in [3.05, 3.63) is 12.2 Å². The van der Waals surface area contributed by atoms with E-state index >= 15 is 0 Å². The van der Waals surface area contributed by atoms with E-state index in [4.69, 9.17) is 4.74 Å². The highest BCUT2D eigenvalue weighted by molar-refractivity contribution is 5.38. The molecule has 88 valence electrons. The van der Waals surface area contributed by atoms with Crippen molar-refractivity contribution in [3.8, 4) is 0 Å². The second-order valence-corrected chi connectivity index (χ2v) is 4.52. The van der Waals surface area contributed by atoms with Crippen LogP contribution in [-0.2, 0) is 9.53 Å². The molecule has 0 amide bonds. The van der Waals surface area contributed by atoms with Crippen LogP contribution in [0.3, 0.4) is 0 Å². The molecule has 0 saturated heterocycles. The molecule has 0 atom stereocenters. The van der Waals surface area contributed by atoms with E-state index in [-0.39, 0.29) is 5.60 Å². The van der Waals surface area contributed by atoms with E-state index in [0.717, 1.165) is 19.3 Å². The van der Waals surface area contributed by atoms with Gasteiger partial charge in [0.05, 0.1) is 0 Å². The van der Waals surface area contributed by atoms with Gasteiger partial charge >= 0.3 is 0 Å². The van der Waals surface area contributed by atoms with E-state index in [1.54, 1.807) is 0 Å². The topological polar surface area (TPSA) is 26.3 Å². The summed E-state index contributed by atoms with van der Waals surface area (Å²) in [7, 11) is 0. The summed E-state index contributed by atoms with van der Waals surface area (Å²) in [6, 6.07) is 0. The van der Waals surface area contributed by atoms with Crippen molar-refractivity contribution < 1.29 is 9.53 Å². The monoisotopic (exact) mass is 212 g/mol. The predicted molar refractivity (Wildman–Crippen MR) is 63.7 cm³/mol. The maximum absolute atomic E-state index is 10.2. The Bertz CT molecular complexity index is 187. The molecule has 0 heterocycles. The zero-order valence-corrected chi connectivity index (χ0v) is 10.3. The normalized spacial score (nSPS) is 18.3. The first kappa shape index (κ1) is 14.2. The Morgan fingerprint density at radius 3 is 2.13 bits per heavy atom. The molecule has 2 heteroatoms. The molecule has 0 aliphatic heterocycles. The Morgan fingerprint density at radius 1 is 1.33 bits per heavy atom. The summed E-state index contributed by atoms with van der Waals surface area (Å²) in [5.41, 5.74) is 1.07. The van der Waals surface area contributed by atoms with E-state index in [1.165, 1.54) is 24.8 Å². The number of hydrogen-bond donors (Lipinski definition) is 0. The molecule has 0 aromatic rings. The lowest BCUT2D eigenvalue weighted by atomic mass is 9.83. The Hall–Kier alpha value is -0.790. The second kappa shape index (κ2) is 7.49. The summed E-state index contributed by atoms with van der Waals surface area (Å²) in [6.45, 7) is 10.2. The van der Waals surface area contributed by atoms with E-state index in [1.807, 2.05) is 13.8 Å². The van der Waals surface area contributed by atoms with E-state index in [9.17, 15) is 4.79 Å². The Morgan fingerprint density at radius 2 is 1.80 bits per heavy atom. The lowest BCUT2D eigenvalue weighted by molar-refractivity contribution is -0.147. The highest BCUT2D eigenvalue weighted by Gasteiger charge is 2.31. The lowest BCUT2D eigenvalue weighted by Gasteiger charge is -2.34. The lowest BCUT2D eigenvalue weighted by Crippen LogP contribution is -2.33. The molecule has 0 bridgehead atoms.